The number of hydrogen-bond donors (Lipinski definition) is 0. The molecule has 1 saturated heterocycles. The molecule has 0 N–H and O–H groups in total. The van der Waals surface area contributed by atoms with Crippen LogP contribution < -0.4 is 5.56 Å². The minimum absolute atomic E-state index is 0.139. The second-order valence-electron chi connectivity index (χ2n) is 7.25. The average Bonchev–Trinajstić information content (AvgIpc) is 2.97. The first-order valence-electron chi connectivity index (χ1n) is 9.18. The van der Waals surface area contributed by atoms with Crippen LogP contribution in [0.4, 0.5) is 0 Å². The largest absolute Gasteiger partial charge is 0.338 e. The Morgan fingerprint density at radius 2 is 1.86 bits per heavy atom. The lowest BCUT2D eigenvalue weighted by Gasteiger charge is -2.39. The zero-order valence-corrected chi connectivity index (χ0v) is 17.5. The molecular weight excluding hydrogens is 413 g/mol. The lowest BCUT2D eigenvalue weighted by molar-refractivity contribution is 0.0458. The van der Waals surface area contributed by atoms with E-state index in [2.05, 4.69) is 10.2 Å². The number of benzene rings is 1. The summed E-state index contributed by atoms with van der Waals surface area (Å²) < 4.78 is 3.15. The van der Waals surface area contributed by atoms with Gasteiger partial charge in [-0.05, 0) is 44.2 Å². The molecule has 1 fully saturated rings. The Morgan fingerprint density at radius 1 is 1.10 bits per heavy atom. The van der Waals surface area contributed by atoms with Gasteiger partial charge in [-0.3, -0.25) is 9.59 Å². The molecule has 1 aliphatic heterocycles. The number of amides is 1. The predicted octanol–water partition coefficient (Wildman–Crippen LogP) is 3.12. The highest BCUT2D eigenvalue weighted by Gasteiger charge is 2.32. The minimum atomic E-state index is -0.180. The maximum atomic E-state index is 12.6. The van der Waals surface area contributed by atoms with Crippen LogP contribution in [0, 0.1) is 19.8 Å². The smallest absolute Gasteiger partial charge is 0.266 e. The van der Waals surface area contributed by atoms with E-state index >= 15 is 0 Å². The number of aryl methyl sites for hydroxylation is 2. The molecular formula is C20H19Cl2N5O2. The highest BCUT2D eigenvalue weighted by molar-refractivity contribution is 6.36. The van der Waals surface area contributed by atoms with Crippen molar-refractivity contribution in [3.05, 3.63) is 73.7 Å². The Hall–Kier alpha value is -2.64. The maximum absolute atomic E-state index is 12.6. The van der Waals surface area contributed by atoms with E-state index < -0.39 is 0 Å². The molecule has 3 aromatic rings. The van der Waals surface area contributed by atoms with Gasteiger partial charge in [0.1, 0.15) is 0 Å². The van der Waals surface area contributed by atoms with Crippen LogP contribution in [0.3, 0.4) is 0 Å². The maximum Gasteiger partial charge on any atom is 0.266 e. The van der Waals surface area contributed by atoms with Crippen molar-refractivity contribution in [1.29, 1.82) is 0 Å². The molecule has 9 heteroatoms. The van der Waals surface area contributed by atoms with Crippen molar-refractivity contribution in [3.63, 3.8) is 0 Å². The summed E-state index contributed by atoms with van der Waals surface area (Å²) in [5.41, 5.74) is 2.08. The van der Waals surface area contributed by atoms with Gasteiger partial charge in [0.25, 0.3) is 11.5 Å². The normalized spacial score (nSPS) is 14.1. The molecule has 1 amide bonds. The molecule has 1 aromatic carbocycles. The fourth-order valence-electron chi connectivity index (χ4n) is 3.47. The Kier molecular flexibility index (Phi) is 5.19. The zero-order valence-electron chi connectivity index (χ0n) is 16.0. The van der Waals surface area contributed by atoms with Gasteiger partial charge < -0.3 is 4.90 Å². The number of nitrogens with zero attached hydrogens (tertiary/aromatic N) is 5. The SMILES string of the molecule is Cc1cc(C)n(-c2ccc(=O)n(CC3CN(C(=O)c4ccc(Cl)cc4Cl)C3)n2)n1. The molecule has 0 atom stereocenters. The van der Waals surface area contributed by atoms with Crippen LogP contribution in [0.5, 0.6) is 0 Å². The van der Waals surface area contributed by atoms with Crippen LogP contribution in [0.1, 0.15) is 21.7 Å². The van der Waals surface area contributed by atoms with Crippen molar-refractivity contribution in [2.24, 2.45) is 5.92 Å². The molecule has 2 aromatic heterocycles. The summed E-state index contributed by atoms with van der Waals surface area (Å²) in [7, 11) is 0. The van der Waals surface area contributed by atoms with E-state index in [1.807, 2.05) is 19.9 Å². The second-order valence-corrected chi connectivity index (χ2v) is 8.09. The number of hydrogen-bond acceptors (Lipinski definition) is 4. The minimum Gasteiger partial charge on any atom is -0.338 e. The molecule has 0 spiro atoms. The van der Waals surface area contributed by atoms with E-state index in [1.54, 1.807) is 33.8 Å². The van der Waals surface area contributed by atoms with E-state index in [0.29, 0.717) is 41.1 Å². The molecule has 0 radical (unpaired) electrons. The summed E-state index contributed by atoms with van der Waals surface area (Å²) >= 11 is 12.0. The summed E-state index contributed by atoms with van der Waals surface area (Å²) in [4.78, 5) is 26.6. The Balaban J connectivity index is 1.45. The number of likely N-dealkylation sites (tertiary alicyclic amines) is 1. The highest BCUT2D eigenvalue weighted by Crippen LogP contribution is 2.26. The number of carbonyl (C=O) groups is 1. The zero-order chi connectivity index (χ0) is 20.7. The first-order valence-corrected chi connectivity index (χ1v) is 9.93. The molecule has 3 heterocycles. The van der Waals surface area contributed by atoms with Crippen molar-refractivity contribution in [2.45, 2.75) is 20.4 Å². The van der Waals surface area contributed by atoms with Crippen LogP contribution in [0.2, 0.25) is 10.0 Å². The summed E-state index contributed by atoms with van der Waals surface area (Å²) in [5.74, 6) is 0.598. The topological polar surface area (TPSA) is 73.0 Å². The van der Waals surface area contributed by atoms with E-state index in [0.717, 1.165) is 11.4 Å². The number of carbonyl (C=O) groups excluding carboxylic acids is 1. The highest BCUT2D eigenvalue weighted by atomic mass is 35.5. The van der Waals surface area contributed by atoms with Crippen LogP contribution in [0.25, 0.3) is 5.82 Å². The fraction of sp³-hybridized carbons (Fsp3) is 0.300. The van der Waals surface area contributed by atoms with Crippen molar-refractivity contribution in [1.82, 2.24) is 24.5 Å². The standard InChI is InChI=1S/C20H19Cl2N5O2/c1-12-7-13(2)27(23-12)18-5-6-19(28)26(24-18)11-14-9-25(10-14)20(29)16-4-3-15(21)8-17(16)22/h3-8,14H,9-11H2,1-2H3. The molecule has 150 valence electrons. The molecule has 29 heavy (non-hydrogen) atoms. The third kappa shape index (κ3) is 3.93. The van der Waals surface area contributed by atoms with E-state index in [-0.39, 0.29) is 17.4 Å². The van der Waals surface area contributed by atoms with Crippen LogP contribution in [-0.2, 0) is 6.54 Å². The summed E-state index contributed by atoms with van der Waals surface area (Å²) in [6.45, 7) is 5.36. The Morgan fingerprint density at radius 3 is 2.52 bits per heavy atom. The number of rotatable bonds is 4. The molecule has 0 aliphatic carbocycles. The van der Waals surface area contributed by atoms with Gasteiger partial charge in [-0.25, -0.2) is 9.36 Å². The van der Waals surface area contributed by atoms with Crippen LogP contribution in [0.15, 0.2) is 41.2 Å². The van der Waals surface area contributed by atoms with Crippen molar-refractivity contribution in [2.75, 3.05) is 13.1 Å². The lowest BCUT2D eigenvalue weighted by atomic mass is 9.99. The van der Waals surface area contributed by atoms with Gasteiger partial charge in [0.2, 0.25) is 0 Å². The monoisotopic (exact) mass is 431 g/mol. The number of aromatic nitrogens is 4. The van der Waals surface area contributed by atoms with E-state index in [9.17, 15) is 9.59 Å². The molecule has 0 saturated carbocycles. The van der Waals surface area contributed by atoms with E-state index in [4.69, 9.17) is 23.2 Å². The predicted molar refractivity (Wildman–Crippen MR) is 111 cm³/mol. The molecule has 0 bridgehead atoms. The molecule has 1 aliphatic rings. The quantitative estimate of drug-likeness (QED) is 0.635. The first-order chi connectivity index (χ1) is 13.8. The van der Waals surface area contributed by atoms with Crippen molar-refractivity contribution in [3.8, 4) is 5.82 Å². The van der Waals surface area contributed by atoms with Crippen molar-refractivity contribution < 1.29 is 4.79 Å². The van der Waals surface area contributed by atoms with Gasteiger partial charge in [0.15, 0.2) is 5.82 Å². The Bertz CT molecular complexity index is 1150. The average molecular weight is 432 g/mol. The summed E-state index contributed by atoms with van der Waals surface area (Å²) in [6.07, 6.45) is 0. The van der Waals surface area contributed by atoms with Gasteiger partial charge in [0.05, 0.1) is 22.8 Å². The second kappa shape index (κ2) is 7.65. The molecule has 4 rings (SSSR count). The molecule has 0 unspecified atom stereocenters. The molecule has 7 nitrogen and oxygen atoms in total. The van der Waals surface area contributed by atoms with Gasteiger partial charge in [-0.2, -0.15) is 5.10 Å². The third-order valence-corrected chi connectivity index (χ3v) is 5.46. The van der Waals surface area contributed by atoms with Gasteiger partial charge in [-0.1, -0.05) is 23.2 Å². The van der Waals surface area contributed by atoms with Crippen molar-refractivity contribution >= 4 is 29.1 Å². The van der Waals surface area contributed by atoms with E-state index in [1.165, 1.54) is 10.7 Å². The fourth-order valence-corrected chi connectivity index (χ4v) is 3.96. The van der Waals surface area contributed by atoms with Crippen LogP contribution >= 0.6 is 23.2 Å². The Labute approximate surface area is 177 Å². The van der Waals surface area contributed by atoms with Gasteiger partial charge >= 0.3 is 0 Å². The van der Waals surface area contributed by atoms with Gasteiger partial charge in [-0.15, -0.1) is 5.10 Å². The van der Waals surface area contributed by atoms with Crippen LogP contribution in [-0.4, -0.2) is 43.5 Å². The summed E-state index contributed by atoms with van der Waals surface area (Å²) in [5, 5.41) is 9.69. The first kappa shape index (κ1) is 19.7. The third-order valence-electron chi connectivity index (χ3n) is 4.92. The lowest BCUT2D eigenvalue weighted by Crippen LogP contribution is -2.52. The number of halogens is 2. The van der Waals surface area contributed by atoms with Gasteiger partial charge in [0, 0.05) is 35.8 Å². The summed E-state index contributed by atoms with van der Waals surface area (Å²) in [6, 6.07) is 9.94.